The lowest BCUT2D eigenvalue weighted by atomic mass is 9.96. The number of pyridine rings is 2. The molecule has 6 rings (SSSR count). The first-order valence-corrected chi connectivity index (χ1v) is 14.1. The third-order valence-corrected chi connectivity index (χ3v) is 7.24. The van der Waals surface area contributed by atoms with Crippen LogP contribution in [0.3, 0.4) is 0 Å². The molecule has 0 atom stereocenters. The van der Waals surface area contributed by atoms with Gasteiger partial charge in [0.05, 0.1) is 35.3 Å². The molecule has 0 saturated heterocycles. The first-order valence-electron chi connectivity index (χ1n) is 14.1. The minimum Gasteiger partial charge on any atom is -0.462 e. The molecule has 6 nitrogen and oxygen atoms in total. The van der Waals surface area contributed by atoms with E-state index in [0.29, 0.717) is 0 Å². The molecule has 0 amide bonds. The summed E-state index contributed by atoms with van der Waals surface area (Å²) < 4.78 is 11.1. The molecule has 0 spiro atoms. The summed E-state index contributed by atoms with van der Waals surface area (Å²) in [5.74, 6) is -0.943. The molecule has 0 aliphatic carbocycles. The van der Waals surface area contributed by atoms with E-state index in [0.717, 1.165) is 54.7 Å². The van der Waals surface area contributed by atoms with Crippen molar-refractivity contribution in [3.05, 3.63) is 120 Å². The molecule has 4 aromatic carbocycles. The van der Waals surface area contributed by atoms with Crippen molar-refractivity contribution in [1.29, 1.82) is 0 Å². The number of carbonyl (C=O) groups is 2. The van der Waals surface area contributed by atoms with Gasteiger partial charge >= 0.3 is 11.9 Å². The van der Waals surface area contributed by atoms with Crippen molar-refractivity contribution in [2.45, 2.75) is 13.8 Å². The van der Waals surface area contributed by atoms with Gasteiger partial charge in [0.15, 0.2) is 0 Å². The van der Waals surface area contributed by atoms with Crippen LogP contribution in [-0.2, 0) is 19.1 Å². The van der Waals surface area contributed by atoms with Crippen molar-refractivity contribution < 1.29 is 19.1 Å². The number of hydrogen-bond acceptors (Lipinski definition) is 6. The van der Waals surface area contributed by atoms with E-state index in [1.54, 1.807) is 12.2 Å². The van der Waals surface area contributed by atoms with Gasteiger partial charge < -0.3 is 9.47 Å². The van der Waals surface area contributed by atoms with Crippen LogP contribution < -0.4 is 0 Å². The van der Waals surface area contributed by atoms with Gasteiger partial charge in [-0.25, -0.2) is 19.6 Å². The van der Waals surface area contributed by atoms with Crippen molar-refractivity contribution in [3.63, 3.8) is 0 Å². The van der Waals surface area contributed by atoms with E-state index >= 15 is 0 Å². The largest absolute Gasteiger partial charge is 0.462 e. The van der Waals surface area contributed by atoms with Crippen LogP contribution in [0.15, 0.2) is 109 Å². The predicted molar refractivity (Wildman–Crippen MR) is 172 cm³/mol. The monoisotopic (exact) mass is 566 g/mol. The molecule has 2 heterocycles. The number of esters is 2. The molecule has 0 radical (unpaired) electrons. The Kier molecular flexibility index (Phi) is 7.67. The molecule has 0 unspecified atom stereocenters. The predicted octanol–water partition coefficient (Wildman–Crippen LogP) is 7.93. The summed E-state index contributed by atoms with van der Waals surface area (Å²) in [5, 5.41) is 3.83. The summed E-state index contributed by atoms with van der Waals surface area (Å²) >= 11 is 0. The molecule has 2 aromatic heterocycles. The fraction of sp³-hybridized carbons (Fsp3) is 0.135. The average molecular weight is 567 g/mol. The van der Waals surface area contributed by atoms with E-state index in [2.05, 4.69) is 0 Å². The molecule has 0 N–H and O–H groups in total. The quantitative estimate of drug-likeness (QED) is 0.106. The molecule has 0 bridgehead atoms. The Bertz CT molecular complexity index is 1800. The number of rotatable bonds is 8. The molecule has 0 aliphatic rings. The lowest BCUT2D eigenvalue weighted by Crippen LogP contribution is -2.28. The van der Waals surface area contributed by atoms with Crippen LogP contribution in [0.1, 0.15) is 25.0 Å². The van der Waals surface area contributed by atoms with Gasteiger partial charge in [0.2, 0.25) is 0 Å². The normalized spacial score (nSPS) is 12.1. The zero-order chi connectivity index (χ0) is 29.8. The number of para-hydroxylation sites is 4. The van der Waals surface area contributed by atoms with E-state index in [9.17, 15) is 9.59 Å². The lowest BCUT2D eigenvalue weighted by Gasteiger charge is -2.23. The van der Waals surface area contributed by atoms with Gasteiger partial charge in [-0.15, -0.1) is 0 Å². The SMILES string of the molecule is CC(C)(COC(=O)/C=C/c1c2ccccc2nc2ccccc12)COC(=O)/C=C/c1c2ccccc2nc2ccccc12. The molecule has 6 heteroatoms. The van der Waals surface area contributed by atoms with Gasteiger partial charge in [0.1, 0.15) is 0 Å². The second kappa shape index (κ2) is 11.9. The standard InChI is InChI=1S/C37H30N2O4/c1-37(2,23-42-35(40)21-19-25-27-11-3-7-15-31(27)38-32-16-8-4-12-28(25)32)24-43-36(41)22-20-26-29-13-5-9-17-33(29)39-34-18-10-6-14-30(26)34/h3-22H,23-24H2,1-2H3/b21-19+,22-20+. The van der Waals surface area contributed by atoms with Crippen molar-refractivity contribution >= 4 is 67.7 Å². The van der Waals surface area contributed by atoms with E-state index < -0.39 is 17.4 Å². The zero-order valence-corrected chi connectivity index (χ0v) is 24.0. The Hall–Kier alpha value is -5.36. The Morgan fingerprint density at radius 3 is 1.19 bits per heavy atom. The van der Waals surface area contributed by atoms with Crippen LogP contribution >= 0.6 is 0 Å². The first kappa shape index (κ1) is 27.8. The van der Waals surface area contributed by atoms with Crippen LogP contribution in [0.2, 0.25) is 0 Å². The number of carbonyl (C=O) groups excluding carboxylic acids is 2. The first-order chi connectivity index (χ1) is 20.9. The molecular formula is C37H30N2O4. The lowest BCUT2D eigenvalue weighted by molar-refractivity contribution is -0.146. The molecule has 6 aromatic rings. The van der Waals surface area contributed by atoms with Crippen molar-refractivity contribution in [1.82, 2.24) is 9.97 Å². The number of hydrogen-bond donors (Lipinski definition) is 0. The third-order valence-electron chi connectivity index (χ3n) is 7.24. The summed E-state index contributed by atoms with van der Waals surface area (Å²) in [6.45, 7) is 3.94. The minimum absolute atomic E-state index is 0.0879. The maximum atomic E-state index is 12.7. The van der Waals surface area contributed by atoms with Crippen molar-refractivity contribution in [3.8, 4) is 0 Å². The van der Waals surface area contributed by atoms with Crippen LogP contribution in [0.5, 0.6) is 0 Å². The van der Waals surface area contributed by atoms with Gasteiger partial charge in [0.25, 0.3) is 0 Å². The highest BCUT2D eigenvalue weighted by atomic mass is 16.5. The number of aromatic nitrogens is 2. The van der Waals surface area contributed by atoms with E-state index in [4.69, 9.17) is 19.4 Å². The third kappa shape index (κ3) is 6.14. The fourth-order valence-corrected chi connectivity index (χ4v) is 5.08. The fourth-order valence-electron chi connectivity index (χ4n) is 5.08. The molecule has 43 heavy (non-hydrogen) atoms. The highest BCUT2D eigenvalue weighted by Gasteiger charge is 2.22. The maximum Gasteiger partial charge on any atom is 0.330 e. The number of fused-ring (bicyclic) bond motifs is 4. The summed E-state index contributed by atoms with van der Waals surface area (Å²) in [5.41, 5.74) is 4.67. The summed E-state index contributed by atoms with van der Waals surface area (Å²) in [7, 11) is 0. The van der Waals surface area contributed by atoms with Crippen LogP contribution in [0, 0.1) is 5.41 Å². The number of benzene rings is 4. The topological polar surface area (TPSA) is 78.4 Å². The van der Waals surface area contributed by atoms with Crippen LogP contribution in [-0.4, -0.2) is 35.1 Å². The van der Waals surface area contributed by atoms with Crippen molar-refractivity contribution in [2.24, 2.45) is 5.41 Å². The zero-order valence-electron chi connectivity index (χ0n) is 24.0. The Labute approximate surface area is 249 Å². The highest BCUT2D eigenvalue weighted by molar-refractivity contribution is 6.05. The van der Waals surface area contributed by atoms with E-state index in [-0.39, 0.29) is 13.2 Å². The smallest absolute Gasteiger partial charge is 0.330 e. The van der Waals surface area contributed by atoms with Crippen molar-refractivity contribution in [2.75, 3.05) is 13.2 Å². The van der Waals surface area contributed by atoms with Gasteiger partial charge in [-0.05, 0) is 47.5 Å². The Morgan fingerprint density at radius 1 is 0.558 bits per heavy atom. The number of ether oxygens (including phenoxy) is 2. The maximum absolute atomic E-state index is 12.7. The van der Waals surface area contributed by atoms with E-state index in [1.807, 2.05) is 111 Å². The van der Waals surface area contributed by atoms with Gasteiger partial charge in [-0.2, -0.15) is 0 Å². The molecule has 0 saturated carbocycles. The average Bonchev–Trinajstić information content (AvgIpc) is 3.03. The number of nitrogens with zero attached hydrogens (tertiary/aromatic N) is 2. The van der Waals surface area contributed by atoms with Gasteiger partial charge in [-0.1, -0.05) is 86.6 Å². The molecular weight excluding hydrogens is 536 g/mol. The second-order valence-electron chi connectivity index (χ2n) is 11.2. The van der Waals surface area contributed by atoms with E-state index in [1.165, 1.54) is 12.2 Å². The Morgan fingerprint density at radius 2 is 0.860 bits per heavy atom. The molecule has 0 aliphatic heterocycles. The highest BCUT2D eigenvalue weighted by Crippen LogP contribution is 2.28. The summed E-state index contributed by atoms with van der Waals surface area (Å²) in [6, 6.07) is 31.4. The minimum atomic E-state index is -0.584. The van der Waals surface area contributed by atoms with Crippen LogP contribution in [0.4, 0.5) is 0 Å². The summed E-state index contributed by atoms with van der Waals surface area (Å²) in [4.78, 5) is 34.8. The molecule has 212 valence electrons. The summed E-state index contributed by atoms with van der Waals surface area (Å²) in [6.07, 6.45) is 6.42. The van der Waals surface area contributed by atoms with Gasteiger partial charge in [0, 0.05) is 39.1 Å². The molecule has 0 fully saturated rings. The second-order valence-corrected chi connectivity index (χ2v) is 11.2. The van der Waals surface area contributed by atoms with Crippen LogP contribution in [0.25, 0.3) is 55.8 Å². The van der Waals surface area contributed by atoms with Gasteiger partial charge in [-0.3, -0.25) is 0 Å². The Balaban J connectivity index is 1.10.